The van der Waals surface area contributed by atoms with Crippen molar-refractivity contribution in [1.82, 2.24) is 0 Å². The van der Waals surface area contributed by atoms with Crippen LogP contribution >= 0.6 is 0 Å². The van der Waals surface area contributed by atoms with E-state index in [1.807, 2.05) is 27.7 Å². The van der Waals surface area contributed by atoms with Crippen molar-refractivity contribution in [1.29, 1.82) is 0 Å². The van der Waals surface area contributed by atoms with Gasteiger partial charge in [-0.25, -0.2) is 4.79 Å². The van der Waals surface area contributed by atoms with Gasteiger partial charge in [-0.1, -0.05) is 6.58 Å². The molecule has 0 aliphatic heterocycles. The van der Waals surface area contributed by atoms with Gasteiger partial charge in [-0.05, 0) is 39.8 Å². The van der Waals surface area contributed by atoms with Gasteiger partial charge < -0.3 is 4.74 Å². The van der Waals surface area contributed by atoms with Gasteiger partial charge in [-0.3, -0.25) is 4.99 Å². The molecule has 0 saturated carbocycles. The van der Waals surface area contributed by atoms with Crippen LogP contribution < -0.4 is 0 Å². The molecule has 0 spiro atoms. The second kappa shape index (κ2) is 5.49. The zero-order valence-corrected chi connectivity index (χ0v) is 10.1. The first-order valence-corrected chi connectivity index (χ1v) is 4.80. The molecule has 0 aromatic carbocycles. The van der Waals surface area contributed by atoms with Gasteiger partial charge in [0.25, 0.3) is 0 Å². The molecule has 0 radical (unpaired) electrons. The molecule has 0 heterocycles. The van der Waals surface area contributed by atoms with Gasteiger partial charge in [0, 0.05) is 12.8 Å². The lowest BCUT2D eigenvalue weighted by Crippen LogP contribution is -2.24. The summed E-state index contributed by atoms with van der Waals surface area (Å²) in [5.41, 5.74) is 0.675. The molecule has 15 heavy (non-hydrogen) atoms. The van der Waals surface area contributed by atoms with Gasteiger partial charge in [-0.15, -0.1) is 0 Å². The van der Waals surface area contributed by atoms with Crippen LogP contribution in [0.15, 0.2) is 29.3 Å². The lowest BCUT2D eigenvalue weighted by molar-refractivity contribution is -0.149. The molecule has 3 heteroatoms. The number of carbonyl (C=O) groups excluding carboxylic acids is 1. The van der Waals surface area contributed by atoms with Gasteiger partial charge in [0.1, 0.15) is 5.60 Å². The summed E-state index contributed by atoms with van der Waals surface area (Å²) < 4.78 is 5.14. The fraction of sp³-hybridized carbons (Fsp3) is 0.500. The van der Waals surface area contributed by atoms with Crippen LogP contribution in [0.3, 0.4) is 0 Å². The Kier molecular flexibility index (Phi) is 4.98. The maximum absolute atomic E-state index is 11.4. The number of nitrogens with zero attached hydrogens (tertiary/aromatic N) is 1. The van der Waals surface area contributed by atoms with Crippen molar-refractivity contribution in [3.63, 3.8) is 0 Å². The van der Waals surface area contributed by atoms with E-state index < -0.39 is 11.6 Å². The number of esters is 1. The number of aliphatic imine (C=N–C) groups is 1. The number of rotatable bonds is 3. The highest BCUT2D eigenvalue weighted by Crippen LogP contribution is 2.10. The molecule has 0 aromatic rings. The fourth-order valence-electron chi connectivity index (χ4n) is 0.707. The second-order valence-electron chi connectivity index (χ2n) is 4.23. The van der Waals surface area contributed by atoms with Crippen molar-refractivity contribution in [2.75, 3.05) is 7.05 Å². The molecule has 0 N–H and O–H groups in total. The molecule has 0 unspecified atom stereocenters. The van der Waals surface area contributed by atoms with Gasteiger partial charge in [0.15, 0.2) is 0 Å². The summed E-state index contributed by atoms with van der Waals surface area (Å²) in [4.78, 5) is 15.4. The summed E-state index contributed by atoms with van der Waals surface area (Å²) in [7, 11) is 1.69. The Hall–Kier alpha value is -1.38. The average Bonchev–Trinajstić information content (AvgIpc) is 2.10. The first-order chi connectivity index (χ1) is 6.76. The summed E-state index contributed by atoms with van der Waals surface area (Å²) in [5.74, 6) is -0.400. The van der Waals surface area contributed by atoms with Crippen molar-refractivity contribution in [3.8, 4) is 0 Å². The molecule has 0 fully saturated rings. The van der Waals surface area contributed by atoms with E-state index in [1.165, 1.54) is 0 Å². The number of carbonyl (C=O) groups is 1. The standard InChI is InChI=1S/C12H19NO2/c1-9(7-8-10(2)13-6)11(14)15-12(3,4)5/h7-8H,1H2,2-6H3/b8-7-,13-10?. The predicted octanol–water partition coefficient (Wildman–Crippen LogP) is 2.53. The Morgan fingerprint density at radius 3 is 2.27 bits per heavy atom. The first kappa shape index (κ1) is 13.6. The smallest absolute Gasteiger partial charge is 0.338 e. The van der Waals surface area contributed by atoms with E-state index in [2.05, 4.69) is 11.6 Å². The topological polar surface area (TPSA) is 38.7 Å². The highest BCUT2D eigenvalue weighted by atomic mass is 16.6. The maximum atomic E-state index is 11.4. The van der Waals surface area contributed by atoms with Crippen molar-refractivity contribution in [3.05, 3.63) is 24.3 Å². The second-order valence-corrected chi connectivity index (χ2v) is 4.23. The minimum Gasteiger partial charge on any atom is -0.456 e. The summed E-state index contributed by atoms with van der Waals surface area (Å²) in [6.07, 6.45) is 3.34. The molecule has 0 amide bonds. The number of allylic oxidation sites excluding steroid dienone is 1. The van der Waals surface area contributed by atoms with Crippen LogP contribution in [0.1, 0.15) is 27.7 Å². The summed E-state index contributed by atoms with van der Waals surface area (Å²) in [6, 6.07) is 0. The molecule has 84 valence electrons. The van der Waals surface area contributed by atoms with E-state index in [-0.39, 0.29) is 0 Å². The average molecular weight is 209 g/mol. The summed E-state index contributed by atoms with van der Waals surface area (Å²) >= 11 is 0. The van der Waals surface area contributed by atoms with Crippen LogP contribution in [-0.2, 0) is 9.53 Å². The van der Waals surface area contributed by atoms with Crippen molar-refractivity contribution >= 4 is 11.7 Å². The highest BCUT2D eigenvalue weighted by molar-refractivity contribution is 5.97. The van der Waals surface area contributed by atoms with E-state index in [9.17, 15) is 4.79 Å². The zero-order valence-electron chi connectivity index (χ0n) is 10.1. The molecular weight excluding hydrogens is 190 g/mol. The van der Waals surface area contributed by atoms with Crippen LogP contribution in [0.25, 0.3) is 0 Å². The third-order valence-corrected chi connectivity index (χ3v) is 1.54. The largest absolute Gasteiger partial charge is 0.456 e. The maximum Gasteiger partial charge on any atom is 0.338 e. The molecule has 0 aliphatic rings. The monoisotopic (exact) mass is 209 g/mol. The highest BCUT2D eigenvalue weighted by Gasteiger charge is 2.16. The van der Waals surface area contributed by atoms with Gasteiger partial charge in [0.05, 0.1) is 5.57 Å². The number of hydrogen-bond donors (Lipinski definition) is 0. The van der Waals surface area contributed by atoms with Crippen molar-refractivity contribution in [2.24, 2.45) is 4.99 Å². The fourth-order valence-corrected chi connectivity index (χ4v) is 0.707. The van der Waals surface area contributed by atoms with E-state index in [1.54, 1.807) is 19.2 Å². The predicted molar refractivity (Wildman–Crippen MR) is 63.2 cm³/mol. The number of hydrogen-bond acceptors (Lipinski definition) is 3. The molecule has 0 atom stereocenters. The van der Waals surface area contributed by atoms with E-state index in [0.29, 0.717) is 5.57 Å². The Balaban J connectivity index is 4.36. The quantitative estimate of drug-likeness (QED) is 0.310. The van der Waals surface area contributed by atoms with Crippen LogP contribution in [-0.4, -0.2) is 24.3 Å². The van der Waals surface area contributed by atoms with Crippen molar-refractivity contribution in [2.45, 2.75) is 33.3 Å². The van der Waals surface area contributed by atoms with Crippen LogP contribution in [0, 0.1) is 0 Å². The summed E-state index contributed by atoms with van der Waals surface area (Å²) in [6.45, 7) is 10.9. The molecule has 0 aromatic heterocycles. The van der Waals surface area contributed by atoms with E-state index in [0.717, 1.165) is 5.71 Å². The molecule has 3 nitrogen and oxygen atoms in total. The van der Waals surface area contributed by atoms with Crippen molar-refractivity contribution < 1.29 is 9.53 Å². The Morgan fingerprint density at radius 2 is 1.87 bits per heavy atom. The summed E-state index contributed by atoms with van der Waals surface area (Å²) in [5, 5.41) is 0. The first-order valence-electron chi connectivity index (χ1n) is 4.80. The lowest BCUT2D eigenvalue weighted by Gasteiger charge is -2.19. The Bertz CT molecular complexity index is 306. The minimum absolute atomic E-state index is 0.327. The Labute approximate surface area is 91.5 Å². The van der Waals surface area contributed by atoms with Gasteiger partial charge >= 0.3 is 5.97 Å². The molecular formula is C12H19NO2. The number of ether oxygens (including phenoxy) is 1. The van der Waals surface area contributed by atoms with E-state index in [4.69, 9.17) is 4.74 Å². The molecule has 0 rings (SSSR count). The zero-order chi connectivity index (χ0) is 12.1. The van der Waals surface area contributed by atoms with E-state index >= 15 is 0 Å². The molecule has 0 saturated heterocycles. The van der Waals surface area contributed by atoms with Gasteiger partial charge in [0.2, 0.25) is 0 Å². The molecule has 0 bridgehead atoms. The minimum atomic E-state index is -0.484. The third-order valence-electron chi connectivity index (χ3n) is 1.54. The van der Waals surface area contributed by atoms with Crippen LogP contribution in [0.4, 0.5) is 0 Å². The van der Waals surface area contributed by atoms with Crippen LogP contribution in [0.5, 0.6) is 0 Å². The van der Waals surface area contributed by atoms with Gasteiger partial charge in [-0.2, -0.15) is 0 Å². The lowest BCUT2D eigenvalue weighted by atomic mass is 10.2. The third kappa shape index (κ3) is 6.66. The molecule has 0 aliphatic carbocycles. The normalized spacial score (nSPS) is 13.0. The Morgan fingerprint density at radius 1 is 1.33 bits per heavy atom. The SMILES string of the molecule is C=C(/C=C\C(C)=NC)C(=O)OC(C)(C)C. The van der Waals surface area contributed by atoms with Crippen LogP contribution in [0.2, 0.25) is 0 Å².